The van der Waals surface area contributed by atoms with Crippen LogP contribution >= 0.6 is 0 Å². The van der Waals surface area contributed by atoms with Crippen LogP contribution in [0, 0.1) is 0 Å². The second kappa shape index (κ2) is 10.7. The number of aromatic nitrogens is 4. The summed E-state index contributed by atoms with van der Waals surface area (Å²) in [5.41, 5.74) is 1.41. The highest BCUT2D eigenvalue weighted by molar-refractivity contribution is 6.02. The van der Waals surface area contributed by atoms with Crippen LogP contribution < -0.4 is 10.6 Å². The van der Waals surface area contributed by atoms with Crippen molar-refractivity contribution in [1.29, 1.82) is 0 Å². The predicted molar refractivity (Wildman–Crippen MR) is 144 cm³/mol. The Balaban J connectivity index is 1.19. The Morgan fingerprint density at radius 2 is 1.85 bits per heavy atom. The van der Waals surface area contributed by atoms with E-state index in [9.17, 15) is 19.5 Å². The van der Waals surface area contributed by atoms with Gasteiger partial charge in [0, 0.05) is 18.7 Å². The fourth-order valence-electron chi connectivity index (χ4n) is 5.77. The summed E-state index contributed by atoms with van der Waals surface area (Å²) in [6, 6.07) is 7.74. The lowest BCUT2D eigenvalue weighted by Gasteiger charge is -2.25. The minimum atomic E-state index is -0.984. The molecule has 3 aliphatic heterocycles. The number of carbonyl (C=O) groups excluding carboxylic acids is 2. The third-order valence-corrected chi connectivity index (χ3v) is 7.52. The maximum Gasteiger partial charge on any atom is 0.326 e. The number of fused-ring (bicyclic) bond motifs is 2. The van der Waals surface area contributed by atoms with Crippen molar-refractivity contribution < 1.29 is 33.7 Å². The monoisotopic (exact) mass is 565 g/mol. The lowest BCUT2D eigenvalue weighted by atomic mass is 10.1. The van der Waals surface area contributed by atoms with Gasteiger partial charge in [0.25, 0.3) is 0 Å². The molecule has 41 heavy (non-hydrogen) atoms. The highest BCUT2D eigenvalue weighted by atomic mass is 16.8. The smallest absolute Gasteiger partial charge is 0.326 e. The summed E-state index contributed by atoms with van der Waals surface area (Å²) in [5, 5.41) is 14.9. The first kappa shape index (κ1) is 27.1. The molecule has 14 heteroatoms. The van der Waals surface area contributed by atoms with Crippen molar-refractivity contribution in [3.05, 3.63) is 43.0 Å². The molecule has 0 aliphatic carbocycles. The van der Waals surface area contributed by atoms with Crippen molar-refractivity contribution in [3.63, 3.8) is 0 Å². The molecule has 14 nitrogen and oxygen atoms in total. The molecule has 2 aromatic heterocycles. The summed E-state index contributed by atoms with van der Waals surface area (Å²) in [5.74, 6) is -1.86. The zero-order valence-electron chi connectivity index (χ0n) is 22.6. The number of hydrogen-bond acceptors (Lipinski definition) is 9. The number of benzene rings is 1. The molecular formula is C27H31N7O7. The van der Waals surface area contributed by atoms with Gasteiger partial charge in [-0.1, -0.05) is 18.2 Å². The molecule has 5 atom stereocenters. The van der Waals surface area contributed by atoms with Gasteiger partial charge in [0.2, 0.25) is 5.91 Å². The Labute approximate surface area is 235 Å². The molecule has 216 valence electrons. The van der Waals surface area contributed by atoms with Gasteiger partial charge in [-0.25, -0.2) is 24.5 Å². The molecule has 3 aromatic rings. The van der Waals surface area contributed by atoms with Gasteiger partial charge >= 0.3 is 12.0 Å². The summed E-state index contributed by atoms with van der Waals surface area (Å²) < 4.78 is 20.5. The molecule has 0 spiro atoms. The van der Waals surface area contributed by atoms with Crippen molar-refractivity contribution in [2.45, 2.75) is 75.9 Å². The van der Waals surface area contributed by atoms with Gasteiger partial charge in [-0.3, -0.25) is 14.7 Å². The average Bonchev–Trinajstić information content (AvgIpc) is 3.71. The topological polar surface area (TPSA) is 170 Å². The molecule has 0 radical (unpaired) electrons. The molecule has 3 aliphatic rings. The third-order valence-electron chi connectivity index (χ3n) is 7.52. The Morgan fingerprint density at radius 3 is 2.63 bits per heavy atom. The number of rotatable bonds is 7. The van der Waals surface area contributed by atoms with Crippen LogP contribution in [-0.2, 0) is 23.8 Å². The average molecular weight is 566 g/mol. The van der Waals surface area contributed by atoms with Crippen LogP contribution in [0.3, 0.4) is 0 Å². The van der Waals surface area contributed by atoms with E-state index in [-0.39, 0.29) is 18.1 Å². The fraction of sp³-hybridized carbons (Fsp3) is 0.481. The number of aliphatic carboxylic acids is 1. The molecule has 3 saturated heterocycles. The van der Waals surface area contributed by atoms with Gasteiger partial charge < -0.3 is 29.5 Å². The molecule has 5 heterocycles. The number of ether oxygens (including phenoxy) is 3. The Kier molecular flexibility index (Phi) is 7.05. The van der Waals surface area contributed by atoms with E-state index in [0.717, 1.165) is 0 Å². The molecule has 5 unspecified atom stereocenters. The lowest BCUT2D eigenvalue weighted by molar-refractivity contribution is -0.197. The fourth-order valence-corrected chi connectivity index (χ4v) is 5.77. The van der Waals surface area contributed by atoms with E-state index in [1.54, 1.807) is 23.0 Å². The number of carbonyl (C=O) groups is 3. The van der Waals surface area contributed by atoms with E-state index < -0.39 is 48.4 Å². The number of anilines is 2. The standard InChI is InChI=1S/C27H31N7O7/c1-27(2)40-20-17(10-11-18(35)33-12-6-9-16(33)25(36)37)39-24(21(20)41-27)34-14-30-19-22(28-13-29-23(19)34)32-26(38)31-15-7-4-3-5-8-15/h3-5,7-8,13-14,16-17,20-21,24H,6,9-12H2,1-2H3,(H,36,37)(H2,28,29,31,32,38). The van der Waals surface area contributed by atoms with E-state index in [2.05, 4.69) is 25.6 Å². The number of hydrogen-bond donors (Lipinski definition) is 3. The van der Waals surface area contributed by atoms with Crippen molar-refractivity contribution in [1.82, 2.24) is 24.4 Å². The predicted octanol–water partition coefficient (Wildman–Crippen LogP) is 2.74. The number of nitrogens with one attached hydrogen (secondary N) is 2. The summed E-state index contributed by atoms with van der Waals surface area (Å²) >= 11 is 0. The Hall–Kier alpha value is -4.14. The van der Waals surface area contributed by atoms with E-state index >= 15 is 0 Å². The van der Waals surface area contributed by atoms with Crippen LogP contribution in [0.4, 0.5) is 16.3 Å². The quantitative estimate of drug-likeness (QED) is 0.387. The first-order valence-corrected chi connectivity index (χ1v) is 13.5. The van der Waals surface area contributed by atoms with Crippen molar-refractivity contribution in [2.75, 3.05) is 17.2 Å². The number of likely N-dealkylation sites (tertiary alicyclic amines) is 1. The van der Waals surface area contributed by atoms with Crippen molar-refractivity contribution in [3.8, 4) is 0 Å². The molecule has 3 amide bonds. The third kappa shape index (κ3) is 5.33. The number of carboxylic acids is 1. The van der Waals surface area contributed by atoms with Gasteiger partial charge in [-0.15, -0.1) is 0 Å². The second-order valence-electron chi connectivity index (χ2n) is 10.7. The number of para-hydroxylation sites is 1. The normalized spacial score (nSPS) is 26.7. The van der Waals surface area contributed by atoms with Crippen LogP contribution in [0.1, 0.15) is 45.8 Å². The summed E-state index contributed by atoms with van der Waals surface area (Å²) in [6.45, 7) is 4.06. The first-order valence-electron chi connectivity index (χ1n) is 13.5. The van der Waals surface area contributed by atoms with Crippen LogP contribution in [0.15, 0.2) is 43.0 Å². The van der Waals surface area contributed by atoms with Crippen molar-refractivity contribution >= 4 is 40.6 Å². The minimum Gasteiger partial charge on any atom is -0.480 e. The largest absolute Gasteiger partial charge is 0.480 e. The molecular weight excluding hydrogens is 534 g/mol. The maximum atomic E-state index is 12.9. The molecule has 3 fully saturated rings. The number of imidazole rings is 1. The first-order chi connectivity index (χ1) is 19.7. The molecule has 6 rings (SSSR count). The van der Waals surface area contributed by atoms with Gasteiger partial charge in [0.05, 0.1) is 12.4 Å². The molecule has 3 N–H and O–H groups in total. The zero-order chi connectivity index (χ0) is 28.7. The van der Waals surface area contributed by atoms with Gasteiger partial charge in [-0.05, 0) is 45.2 Å². The summed E-state index contributed by atoms with van der Waals surface area (Å²) in [6.07, 6.45) is 2.29. The van der Waals surface area contributed by atoms with E-state index in [0.29, 0.717) is 42.7 Å². The Bertz CT molecular complexity index is 1460. The minimum absolute atomic E-state index is 0.117. The number of carboxylic acid groups (broad SMARTS) is 1. The van der Waals surface area contributed by atoms with Gasteiger partial charge in [-0.2, -0.15) is 0 Å². The highest BCUT2D eigenvalue weighted by Gasteiger charge is 2.56. The number of nitrogens with zero attached hydrogens (tertiary/aromatic N) is 5. The summed E-state index contributed by atoms with van der Waals surface area (Å²) in [7, 11) is 0. The van der Waals surface area contributed by atoms with E-state index in [1.807, 2.05) is 32.0 Å². The van der Waals surface area contributed by atoms with Gasteiger partial charge in [0.1, 0.15) is 24.6 Å². The molecule has 0 saturated carbocycles. The Morgan fingerprint density at radius 1 is 1.07 bits per heavy atom. The SMILES string of the molecule is CC1(C)OC2C(CCC(=O)N3CCCC3C(=O)O)OC(n3cnc4c(NC(=O)Nc5ccccc5)ncnc43)C2O1. The zero-order valence-corrected chi connectivity index (χ0v) is 22.6. The van der Waals surface area contributed by atoms with Crippen LogP contribution in [0.5, 0.6) is 0 Å². The van der Waals surface area contributed by atoms with Gasteiger partial charge in [0.15, 0.2) is 29.0 Å². The van der Waals surface area contributed by atoms with E-state index in [4.69, 9.17) is 14.2 Å². The lowest BCUT2D eigenvalue weighted by Crippen LogP contribution is -2.41. The highest BCUT2D eigenvalue weighted by Crippen LogP contribution is 2.45. The van der Waals surface area contributed by atoms with Crippen molar-refractivity contribution in [2.24, 2.45) is 0 Å². The maximum absolute atomic E-state index is 12.9. The van der Waals surface area contributed by atoms with Crippen LogP contribution in [0.25, 0.3) is 11.2 Å². The number of urea groups is 1. The summed E-state index contributed by atoms with van der Waals surface area (Å²) in [4.78, 5) is 51.5. The van der Waals surface area contributed by atoms with Crippen LogP contribution in [-0.4, -0.2) is 84.1 Å². The second-order valence-corrected chi connectivity index (χ2v) is 10.7. The van der Waals surface area contributed by atoms with Crippen LogP contribution in [0.2, 0.25) is 0 Å². The van der Waals surface area contributed by atoms with E-state index in [1.165, 1.54) is 11.2 Å². The molecule has 0 bridgehead atoms. The molecule has 1 aromatic carbocycles. The number of amides is 3.